The smallest absolute Gasteiger partial charge is 0.245 e. The van der Waals surface area contributed by atoms with Gasteiger partial charge in [0, 0.05) is 46.5 Å². The van der Waals surface area contributed by atoms with Gasteiger partial charge in [-0.25, -0.2) is 0 Å². The Balaban J connectivity index is 0.866. The summed E-state index contributed by atoms with van der Waals surface area (Å²) >= 11 is 20.0. The number of rotatable bonds is 16. The molecule has 0 saturated carbocycles. The van der Waals surface area contributed by atoms with Gasteiger partial charge in [-0.1, -0.05) is 53.9 Å². The van der Waals surface area contributed by atoms with Crippen molar-refractivity contribution in [3.63, 3.8) is 0 Å². The highest BCUT2D eigenvalue weighted by Crippen LogP contribution is 2.39. The van der Waals surface area contributed by atoms with Crippen LogP contribution in [-0.4, -0.2) is 90.1 Å². The van der Waals surface area contributed by atoms with Crippen molar-refractivity contribution in [1.82, 2.24) is 30.7 Å². The van der Waals surface area contributed by atoms with Gasteiger partial charge in [-0.2, -0.15) is 5.10 Å². The number of thiophene rings is 1. The highest BCUT2D eigenvalue weighted by molar-refractivity contribution is 7.15. The number of anilines is 1. The zero-order valence-electron chi connectivity index (χ0n) is 32.0. The van der Waals surface area contributed by atoms with Gasteiger partial charge in [0.2, 0.25) is 17.7 Å². The number of carbonyl (C=O) groups is 3. The molecule has 2 atom stereocenters. The molecule has 2 aromatic carbocycles. The molecule has 6 rings (SSSR count). The van der Waals surface area contributed by atoms with Gasteiger partial charge in [0.1, 0.15) is 29.3 Å². The number of aryl methyl sites for hydroxylation is 2. The van der Waals surface area contributed by atoms with Gasteiger partial charge < -0.3 is 25.4 Å². The third-order valence-electron chi connectivity index (χ3n) is 9.42. The molecule has 4 heterocycles. The molecule has 0 aliphatic carbocycles. The van der Waals surface area contributed by atoms with Crippen LogP contribution in [-0.2, 0) is 23.9 Å². The zero-order chi connectivity index (χ0) is 40.6. The number of halogens is 3. The van der Waals surface area contributed by atoms with Gasteiger partial charge >= 0.3 is 0 Å². The van der Waals surface area contributed by atoms with Gasteiger partial charge in [0.25, 0.3) is 0 Å². The quantitative estimate of drug-likeness (QED) is 0.113. The van der Waals surface area contributed by atoms with E-state index in [-0.39, 0.29) is 69.5 Å². The Morgan fingerprint density at radius 1 is 0.895 bits per heavy atom. The van der Waals surface area contributed by atoms with E-state index in [0.29, 0.717) is 46.2 Å². The van der Waals surface area contributed by atoms with Crippen molar-refractivity contribution in [2.24, 2.45) is 16.0 Å². The van der Waals surface area contributed by atoms with Crippen molar-refractivity contribution in [3.05, 3.63) is 90.7 Å². The summed E-state index contributed by atoms with van der Waals surface area (Å²) in [5, 5.41) is 26.1. The second kappa shape index (κ2) is 19.4. The number of nitrogens with one attached hydrogen (secondary N) is 3. The molecule has 2 aliphatic heterocycles. The number of aromatic nitrogens is 3. The highest BCUT2D eigenvalue weighted by atomic mass is 35.5. The van der Waals surface area contributed by atoms with Crippen LogP contribution in [0.5, 0.6) is 0 Å². The van der Waals surface area contributed by atoms with E-state index in [1.807, 2.05) is 48.7 Å². The van der Waals surface area contributed by atoms with Gasteiger partial charge in [-0.15, -0.1) is 21.5 Å². The molecule has 0 radical (unpaired) electrons. The van der Waals surface area contributed by atoms with Crippen LogP contribution in [0.4, 0.5) is 5.69 Å². The van der Waals surface area contributed by atoms with Crippen LogP contribution >= 0.6 is 46.1 Å². The number of ether oxygens (including phenoxy) is 2. The van der Waals surface area contributed by atoms with Crippen LogP contribution in [0.2, 0.25) is 15.1 Å². The van der Waals surface area contributed by atoms with Crippen LogP contribution in [0.25, 0.3) is 5.00 Å². The molecule has 4 aromatic rings. The van der Waals surface area contributed by atoms with Crippen molar-refractivity contribution < 1.29 is 23.9 Å². The second-order valence-corrected chi connectivity index (χ2v) is 16.1. The number of hydrogen-bond acceptors (Lipinski definition) is 11. The maximum atomic E-state index is 13.2. The minimum Gasteiger partial charge on any atom is -0.377 e. The van der Waals surface area contributed by atoms with Crippen LogP contribution in [0.1, 0.15) is 65.4 Å². The summed E-state index contributed by atoms with van der Waals surface area (Å²) in [5.74, 6) is 1.25. The molecular weight excluding hydrogens is 813 g/mol. The molecule has 2 aromatic heterocycles. The van der Waals surface area contributed by atoms with Gasteiger partial charge in [0.05, 0.1) is 54.2 Å². The van der Waals surface area contributed by atoms with Crippen LogP contribution in [0, 0.1) is 26.7 Å². The van der Waals surface area contributed by atoms with E-state index in [0.717, 1.165) is 38.9 Å². The lowest BCUT2D eigenvalue weighted by Gasteiger charge is -2.14. The number of benzene rings is 2. The standard InChI is InChI=1S/C39H44Cl3N9O5S/c1-22-20-50(28-11-12-29(41)30(42)18-28)49-37(22)46-32(52)6-5-13-43-34(54)21-56-17-16-55-15-14-44-33(53)19-31-38-48-47-25(4)51(38)39-35(23(2)24(3)57-39)36(45-31)26-7-9-27(40)10-8-26/h7-12,18,22,31H,5-6,13-17,19-21H2,1-4H3,(H,43,54)(H,44,53)(H,46,49,52)/t22?,31-/m0/s1. The molecule has 0 saturated heterocycles. The number of hydrazone groups is 1. The second-order valence-electron chi connectivity index (χ2n) is 13.7. The van der Waals surface area contributed by atoms with Crippen molar-refractivity contribution in [2.45, 2.75) is 53.0 Å². The highest BCUT2D eigenvalue weighted by Gasteiger charge is 2.32. The van der Waals surface area contributed by atoms with Crippen molar-refractivity contribution in [3.8, 4) is 5.00 Å². The fourth-order valence-electron chi connectivity index (χ4n) is 6.33. The topological polar surface area (TPSA) is 164 Å². The fraction of sp³-hybridized carbons (Fsp3) is 0.410. The lowest BCUT2D eigenvalue weighted by atomic mass is 9.99. The number of amidine groups is 1. The van der Waals surface area contributed by atoms with E-state index in [9.17, 15) is 14.4 Å². The summed E-state index contributed by atoms with van der Waals surface area (Å²) in [5.41, 5.74) is 4.59. The van der Waals surface area contributed by atoms with Crippen molar-refractivity contribution >= 4 is 81.1 Å². The lowest BCUT2D eigenvalue weighted by Crippen LogP contribution is -2.34. The van der Waals surface area contributed by atoms with E-state index >= 15 is 0 Å². The molecule has 14 nitrogen and oxygen atoms in total. The maximum Gasteiger partial charge on any atom is 0.245 e. The van der Waals surface area contributed by atoms with Gasteiger partial charge in [-0.05, 0) is 63.1 Å². The first-order valence-corrected chi connectivity index (χ1v) is 20.5. The van der Waals surface area contributed by atoms with E-state index in [1.165, 1.54) is 4.88 Å². The van der Waals surface area contributed by atoms with E-state index in [2.05, 4.69) is 45.1 Å². The number of carbonyl (C=O) groups excluding carboxylic acids is 3. The third-order valence-corrected chi connectivity index (χ3v) is 11.6. The first kappa shape index (κ1) is 42.2. The molecule has 0 spiro atoms. The van der Waals surface area contributed by atoms with Gasteiger partial charge in [0.15, 0.2) is 5.82 Å². The predicted octanol–water partition coefficient (Wildman–Crippen LogP) is 6.13. The number of aliphatic imine (C=N–C) groups is 1. The third kappa shape index (κ3) is 10.6. The summed E-state index contributed by atoms with van der Waals surface area (Å²) in [7, 11) is 0. The SMILES string of the molecule is Cc1sc2c(c1C)C(c1ccc(Cl)cc1)=N[C@@H](CC(=O)NCCOCCOCC(=O)NCCCC(=O)NC1=NN(c3ccc(Cl)c(Cl)c3)CC1C)c1nnc(C)n1-2. The Bertz CT molecular complexity index is 2170. The Hall–Kier alpha value is -4.38. The van der Waals surface area contributed by atoms with Crippen LogP contribution in [0.3, 0.4) is 0 Å². The Labute approximate surface area is 350 Å². The molecule has 0 fully saturated rings. The van der Waals surface area contributed by atoms with Crippen LogP contribution in [0.15, 0.2) is 52.6 Å². The zero-order valence-corrected chi connectivity index (χ0v) is 35.1. The minimum absolute atomic E-state index is 0.0177. The minimum atomic E-state index is -0.571. The molecule has 18 heteroatoms. The lowest BCUT2D eigenvalue weighted by molar-refractivity contribution is -0.126. The molecule has 3 N–H and O–H groups in total. The van der Waals surface area contributed by atoms with E-state index in [1.54, 1.807) is 28.5 Å². The molecule has 3 amide bonds. The molecule has 1 unspecified atom stereocenters. The molecule has 0 bridgehead atoms. The van der Waals surface area contributed by atoms with Crippen LogP contribution < -0.4 is 21.0 Å². The number of hydrogen-bond donors (Lipinski definition) is 3. The summed E-state index contributed by atoms with van der Waals surface area (Å²) in [6.45, 7) is 9.81. The number of fused-ring (bicyclic) bond motifs is 3. The van der Waals surface area contributed by atoms with Gasteiger partial charge in [-0.3, -0.25) is 29.0 Å². The Kier molecular flexibility index (Phi) is 14.4. The van der Waals surface area contributed by atoms with E-state index in [4.69, 9.17) is 49.3 Å². The van der Waals surface area contributed by atoms with E-state index < -0.39 is 6.04 Å². The molecule has 2 aliphatic rings. The average Bonchev–Trinajstić information content (AvgIpc) is 3.81. The summed E-state index contributed by atoms with van der Waals surface area (Å²) in [6.07, 6.45) is 0.744. The molecular formula is C39H44Cl3N9O5S. The predicted molar refractivity (Wildman–Crippen MR) is 223 cm³/mol. The summed E-state index contributed by atoms with van der Waals surface area (Å²) in [4.78, 5) is 44.2. The largest absolute Gasteiger partial charge is 0.377 e. The summed E-state index contributed by atoms with van der Waals surface area (Å²) in [6, 6.07) is 12.2. The average molecular weight is 857 g/mol. The normalized spacial score (nSPS) is 16.0. The first-order valence-electron chi connectivity index (χ1n) is 18.6. The van der Waals surface area contributed by atoms with Crippen molar-refractivity contribution in [2.75, 3.05) is 51.1 Å². The molecule has 57 heavy (non-hydrogen) atoms. The Morgan fingerprint density at radius 2 is 1.65 bits per heavy atom. The number of nitrogens with zero attached hydrogens (tertiary/aromatic N) is 6. The maximum absolute atomic E-state index is 13.2. The Morgan fingerprint density at radius 3 is 2.42 bits per heavy atom. The molecule has 302 valence electrons. The first-order chi connectivity index (χ1) is 27.4. The number of amides is 3. The van der Waals surface area contributed by atoms with Crippen molar-refractivity contribution in [1.29, 1.82) is 0 Å². The summed E-state index contributed by atoms with van der Waals surface area (Å²) < 4.78 is 13.0. The monoisotopic (exact) mass is 855 g/mol. The fourth-order valence-corrected chi connectivity index (χ4v) is 7.97.